The van der Waals surface area contributed by atoms with Crippen LogP contribution in [0.4, 0.5) is 5.69 Å². The van der Waals surface area contributed by atoms with Gasteiger partial charge in [0.25, 0.3) is 5.91 Å². The van der Waals surface area contributed by atoms with Gasteiger partial charge in [-0.1, -0.05) is 33.6 Å². The molecule has 0 aromatic heterocycles. The third-order valence-electron chi connectivity index (χ3n) is 3.18. The highest BCUT2D eigenvalue weighted by molar-refractivity contribution is 9.10. The number of hydrogen-bond acceptors (Lipinski definition) is 2. The number of benzene rings is 2. The number of aryl methyl sites for hydroxylation is 2. The first-order valence-corrected chi connectivity index (χ1v) is 8.03. The van der Waals surface area contributed by atoms with Gasteiger partial charge in [-0.05, 0) is 62.2 Å². The van der Waals surface area contributed by atoms with Crippen LogP contribution in [0.1, 0.15) is 18.1 Å². The summed E-state index contributed by atoms with van der Waals surface area (Å²) in [5.74, 6) is 0.515. The highest BCUT2D eigenvalue weighted by atomic mass is 79.9. The van der Waals surface area contributed by atoms with Gasteiger partial charge in [-0.3, -0.25) is 4.79 Å². The van der Waals surface area contributed by atoms with Crippen molar-refractivity contribution in [1.29, 1.82) is 0 Å². The number of anilines is 1. The maximum absolute atomic E-state index is 12.2. The molecule has 0 bridgehead atoms. The van der Waals surface area contributed by atoms with Crippen molar-refractivity contribution in [2.75, 3.05) is 5.32 Å². The summed E-state index contributed by atoms with van der Waals surface area (Å²) in [7, 11) is 0. The Hall–Kier alpha value is -1.52. The summed E-state index contributed by atoms with van der Waals surface area (Å²) in [5.41, 5.74) is 2.61. The van der Waals surface area contributed by atoms with Crippen LogP contribution in [0.2, 0.25) is 5.02 Å². The lowest BCUT2D eigenvalue weighted by Crippen LogP contribution is -2.30. The van der Waals surface area contributed by atoms with Crippen molar-refractivity contribution in [3.63, 3.8) is 0 Å². The van der Waals surface area contributed by atoms with Crippen LogP contribution in [0.3, 0.4) is 0 Å². The molecule has 2 aromatic carbocycles. The van der Waals surface area contributed by atoms with Gasteiger partial charge in [0.2, 0.25) is 0 Å². The Kier molecular flexibility index (Phi) is 5.48. The van der Waals surface area contributed by atoms with Gasteiger partial charge in [0, 0.05) is 15.2 Å². The van der Waals surface area contributed by atoms with E-state index in [0.29, 0.717) is 10.7 Å². The number of carbonyl (C=O) groups excluding carboxylic acids is 1. The average Bonchev–Trinajstić information content (AvgIpc) is 2.42. The van der Waals surface area contributed by atoms with Crippen LogP contribution in [-0.2, 0) is 4.79 Å². The van der Waals surface area contributed by atoms with Crippen molar-refractivity contribution >= 4 is 39.1 Å². The van der Waals surface area contributed by atoms with E-state index in [0.717, 1.165) is 21.3 Å². The van der Waals surface area contributed by atoms with Gasteiger partial charge in [0.15, 0.2) is 6.10 Å². The Bertz CT molecular complexity index is 680. The minimum absolute atomic E-state index is 0.219. The van der Waals surface area contributed by atoms with Crippen molar-refractivity contribution in [3.05, 3.63) is 57.0 Å². The molecule has 3 nitrogen and oxygen atoms in total. The fourth-order valence-corrected chi connectivity index (χ4v) is 3.00. The summed E-state index contributed by atoms with van der Waals surface area (Å²) in [6.07, 6.45) is -0.613. The van der Waals surface area contributed by atoms with Crippen LogP contribution in [-0.4, -0.2) is 12.0 Å². The molecule has 0 aliphatic heterocycles. The van der Waals surface area contributed by atoms with Crippen molar-refractivity contribution < 1.29 is 9.53 Å². The van der Waals surface area contributed by atoms with Gasteiger partial charge in [0.05, 0.1) is 0 Å². The van der Waals surface area contributed by atoms with Gasteiger partial charge in [-0.25, -0.2) is 0 Å². The third kappa shape index (κ3) is 4.24. The summed E-state index contributed by atoms with van der Waals surface area (Å²) in [5, 5.41) is 3.37. The van der Waals surface area contributed by atoms with E-state index >= 15 is 0 Å². The van der Waals surface area contributed by atoms with Crippen LogP contribution < -0.4 is 10.1 Å². The quantitative estimate of drug-likeness (QED) is 0.796. The molecule has 0 radical (unpaired) electrons. The smallest absolute Gasteiger partial charge is 0.265 e. The normalized spacial score (nSPS) is 11.9. The zero-order chi connectivity index (χ0) is 16.3. The molecule has 1 N–H and O–H groups in total. The van der Waals surface area contributed by atoms with Crippen molar-refractivity contribution in [2.24, 2.45) is 0 Å². The fourth-order valence-electron chi connectivity index (χ4n) is 2.12. The van der Waals surface area contributed by atoms with Crippen molar-refractivity contribution in [2.45, 2.75) is 26.9 Å². The maximum atomic E-state index is 12.2. The third-order valence-corrected chi connectivity index (χ3v) is 3.87. The minimum atomic E-state index is -0.613. The molecule has 0 spiro atoms. The number of nitrogens with one attached hydrogen (secondary N) is 1. The number of rotatable bonds is 4. The lowest BCUT2D eigenvalue weighted by molar-refractivity contribution is -0.122. The zero-order valence-corrected chi connectivity index (χ0v) is 15.0. The van der Waals surface area contributed by atoms with E-state index < -0.39 is 6.10 Å². The highest BCUT2D eigenvalue weighted by Gasteiger charge is 2.17. The Morgan fingerprint density at radius 3 is 2.45 bits per heavy atom. The molecule has 0 aliphatic carbocycles. The Morgan fingerprint density at radius 1 is 1.23 bits per heavy atom. The fraction of sp³-hybridized carbons (Fsp3) is 0.235. The van der Waals surface area contributed by atoms with Crippen molar-refractivity contribution in [3.8, 4) is 5.75 Å². The standard InChI is InChI=1S/C17H17BrClNO2/c1-10-7-13(18)8-11(2)16(10)22-12(3)17(21)20-15-6-4-5-14(19)9-15/h4-9,12H,1-3H3,(H,20,21). The largest absolute Gasteiger partial charge is 0.480 e. The molecule has 116 valence electrons. The molecule has 2 aromatic rings. The molecule has 0 saturated heterocycles. The van der Waals surface area contributed by atoms with Crippen LogP contribution in [0.25, 0.3) is 0 Å². The zero-order valence-electron chi connectivity index (χ0n) is 12.6. The van der Waals surface area contributed by atoms with Crippen LogP contribution in [0.5, 0.6) is 5.75 Å². The first-order chi connectivity index (χ1) is 10.4. The van der Waals surface area contributed by atoms with Gasteiger partial charge in [0.1, 0.15) is 5.75 Å². The molecular formula is C17H17BrClNO2. The first-order valence-electron chi connectivity index (χ1n) is 6.86. The van der Waals surface area contributed by atoms with E-state index in [1.165, 1.54) is 0 Å². The minimum Gasteiger partial charge on any atom is -0.480 e. The lowest BCUT2D eigenvalue weighted by atomic mass is 10.1. The number of halogens is 2. The maximum Gasteiger partial charge on any atom is 0.265 e. The Balaban J connectivity index is 2.09. The predicted octanol–water partition coefficient (Wildman–Crippen LogP) is 5.13. The molecule has 1 amide bonds. The molecule has 5 heteroatoms. The summed E-state index contributed by atoms with van der Waals surface area (Å²) < 4.78 is 6.82. The number of carbonyl (C=O) groups is 1. The van der Waals surface area contributed by atoms with Gasteiger partial charge in [-0.15, -0.1) is 0 Å². The molecule has 1 atom stereocenters. The number of amides is 1. The van der Waals surface area contributed by atoms with Gasteiger partial charge in [-0.2, -0.15) is 0 Å². The number of hydrogen-bond donors (Lipinski definition) is 1. The summed E-state index contributed by atoms with van der Waals surface area (Å²) in [6.45, 7) is 5.63. The van der Waals surface area contributed by atoms with Crippen LogP contribution >= 0.6 is 27.5 Å². The van der Waals surface area contributed by atoms with E-state index in [2.05, 4.69) is 21.2 Å². The van der Waals surface area contributed by atoms with Crippen LogP contribution in [0, 0.1) is 13.8 Å². The molecule has 0 saturated carbocycles. The van der Waals surface area contributed by atoms with Gasteiger partial charge >= 0.3 is 0 Å². The molecule has 0 heterocycles. The molecule has 0 fully saturated rings. The number of ether oxygens (including phenoxy) is 1. The topological polar surface area (TPSA) is 38.3 Å². The molecule has 0 aliphatic rings. The second-order valence-corrected chi connectivity index (χ2v) is 6.48. The Labute approximate surface area is 143 Å². The second-order valence-electron chi connectivity index (χ2n) is 5.13. The SMILES string of the molecule is Cc1cc(Br)cc(C)c1OC(C)C(=O)Nc1cccc(Cl)c1. The highest BCUT2D eigenvalue weighted by Crippen LogP contribution is 2.28. The molecule has 1 unspecified atom stereocenters. The van der Waals surface area contributed by atoms with E-state index in [1.807, 2.05) is 26.0 Å². The molecular weight excluding hydrogens is 366 g/mol. The second kappa shape index (κ2) is 7.16. The lowest BCUT2D eigenvalue weighted by Gasteiger charge is -2.18. The average molecular weight is 383 g/mol. The predicted molar refractivity (Wildman–Crippen MR) is 93.8 cm³/mol. The Morgan fingerprint density at radius 2 is 1.86 bits per heavy atom. The van der Waals surface area contributed by atoms with E-state index in [4.69, 9.17) is 16.3 Å². The first kappa shape index (κ1) is 16.8. The van der Waals surface area contributed by atoms with Crippen LogP contribution in [0.15, 0.2) is 40.9 Å². The van der Waals surface area contributed by atoms with E-state index in [1.54, 1.807) is 31.2 Å². The molecule has 2 rings (SSSR count). The molecule has 22 heavy (non-hydrogen) atoms. The monoisotopic (exact) mass is 381 g/mol. The summed E-state index contributed by atoms with van der Waals surface area (Å²) in [6, 6.07) is 10.9. The van der Waals surface area contributed by atoms with Gasteiger partial charge < -0.3 is 10.1 Å². The van der Waals surface area contributed by atoms with E-state index in [-0.39, 0.29) is 5.91 Å². The summed E-state index contributed by atoms with van der Waals surface area (Å²) >= 11 is 9.35. The van der Waals surface area contributed by atoms with Crippen molar-refractivity contribution in [1.82, 2.24) is 0 Å². The summed E-state index contributed by atoms with van der Waals surface area (Å²) in [4.78, 5) is 12.2. The van der Waals surface area contributed by atoms with E-state index in [9.17, 15) is 4.79 Å².